The first-order chi connectivity index (χ1) is 16.3. The number of benzene rings is 2. The molecule has 0 radical (unpaired) electrons. The number of fused-ring (bicyclic) bond motifs is 1. The highest BCUT2D eigenvalue weighted by Gasteiger charge is 2.40. The Labute approximate surface area is 192 Å². The molecule has 2 aliphatic heterocycles. The summed E-state index contributed by atoms with van der Waals surface area (Å²) in [5, 5.41) is 5.56. The number of hydrogen-bond acceptors (Lipinski definition) is 7. The molecule has 1 fully saturated rings. The van der Waals surface area contributed by atoms with Crippen molar-refractivity contribution in [3.8, 4) is 17.1 Å². The maximum Gasteiger partial charge on any atom is 0.416 e. The van der Waals surface area contributed by atoms with Gasteiger partial charge < -0.3 is 19.2 Å². The quantitative estimate of drug-likeness (QED) is 0.604. The number of nitrogens with zero attached hydrogens (tertiary/aromatic N) is 4. The maximum absolute atomic E-state index is 13.1. The van der Waals surface area contributed by atoms with Crippen molar-refractivity contribution in [1.29, 1.82) is 0 Å². The van der Waals surface area contributed by atoms with E-state index in [1.807, 2.05) is 24.3 Å². The second-order valence-electron chi connectivity index (χ2n) is 7.97. The fourth-order valence-electron chi connectivity index (χ4n) is 4.04. The molecule has 1 N–H and O–H groups in total. The van der Waals surface area contributed by atoms with Crippen LogP contribution in [0.3, 0.4) is 0 Å². The Kier molecular flexibility index (Phi) is 5.48. The summed E-state index contributed by atoms with van der Waals surface area (Å²) in [6, 6.07) is 11.9. The SMILES string of the molecule is COc1ccc(C2CC3C(=O)N(Cc4nc(-c5cccc(C(F)(F)F)c5)no4)C=CN3N2)cc1. The zero-order chi connectivity index (χ0) is 23.9. The van der Waals surface area contributed by atoms with E-state index in [4.69, 9.17) is 9.26 Å². The molecular weight excluding hydrogens is 451 g/mol. The van der Waals surface area contributed by atoms with Crippen molar-refractivity contribution in [3.63, 3.8) is 0 Å². The number of hydrogen-bond donors (Lipinski definition) is 1. The van der Waals surface area contributed by atoms with Crippen LogP contribution in [-0.4, -0.2) is 39.1 Å². The van der Waals surface area contributed by atoms with Gasteiger partial charge in [-0.2, -0.15) is 18.2 Å². The monoisotopic (exact) mass is 471 g/mol. The molecular formula is C23H20F3N5O3. The van der Waals surface area contributed by atoms with Gasteiger partial charge >= 0.3 is 6.18 Å². The van der Waals surface area contributed by atoms with Crippen molar-refractivity contribution in [2.75, 3.05) is 7.11 Å². The van der Waals surface area contributed by atoms with Gasteiger partial charge in [-0.25, -0.2) is 5.43 Å². The number of alkyl halides is 3. The van der Waals surface area contributed by atoms with Crippen LogP contribution in [0.4, 0.5) is 13.2 Å². The summed E-state index contributed by atoms with van der Waals surface area (Å²) in [5.41, 5.74) is 3.73. The van der Waals surface area contributed by atoms with Crippen LogP contribution in [0, 0.1) is 0 Å². The van der Waals surface area contributed by atoms with E-state index in [-0.39, 0.29) is 35.8 Å². The molecule has 34 heavy (non-hydrogen) atoms. The van der Waals surface area contributed by atoms with Crippen molar-refractivity contribution in [2.24, 2.45) is 0 Å². The lowest BCUT2D eigenvalue weighted by Crippen LogP contribution is -2.47. The van der Waals surface area contributed by atoms with Crippen LogP contribution in [-0.2, 0) is 17.5 Å². The third-order valence-corrected chi connectivity index (χ3v) is 5.81. The van der Waals surface area contributed by atoms with Gasteiger partial charge in [0.05, 0.1) is 18.7 Å². The Morgan fingerprint density at radius 2 is 1.97 bits per heavy atom. The Morgan fingerprint density at radius 1 is 1.18 bits per heavy atom. The summed E-state index contributed by atoms with van der Waals surface area (Å²) < 4.78 is 49.4. The zero-order valence-corrected chi connectivity index (χ0v) is 18.0. The van der Waals surface area contributed by atoms with Crippen molar-refractivity contribution < 1.29 is 27.2 Å². The maximum atomic E-state index is 13.1. The number of rotatable bonds is 5. The summed E-state index contributed by atoms with van der Waals surface area (Å²) in [6.45, 7) is 0.0127. The number of nitrogens with one attached hydrogen (secondary N) is 1. The van der Waals surface area contributed by atoms with E-state index in [1.54, 1.807) is 24.5 Å². The molecule has 1 amide bonds. The van der Waals surface area contributed by atoms with Gasteiger partial charge in [-0.1, -0.05) is 29.4 Å². The van der Waals surface area contributed by atoms with Gasteiger partial charge in [-0.05, 0) is 36.2 Å². The van der Waals surface area contributed by atoms with Gasteiger partial charge in [0.15, 0.2) is 0 Å². The molecule has 2 aromatic carbocycles. The zero-order valence-electron chi connectivity index (χ0n) is 18.0. The van der Waals surface area contributed by atoms with E-state index in [2.05, 4.69) is 15.6 Å². The lowest BCUT2D eigenvalue weighted by atomic mass is 10.0. The Balaban J connectivity index is 1.27. The summed E-state index contributed by atoms with van der Waals surface area (Å²) in [4.78, 5) is 18.7. The molecule has 0 spiro atoms. The van der Waals surface area contributed by atoms with E-state index in [1.165, 1.54) is 17.0 Å². The van der Waals surface area contributed by atoms with E-state index >= 15 is 0 Å². The smallest absolute Gasteiger partial charge is 0.416 e. The van der Waals surface area contributed by atoms with Gasteiger partial charge in [0.1, 0.15) is 18.3 Å². The highest BCUT2D eigenvalue weighted by atomic mass is 19.4. The predicted octanol–water partition coefficient (Wildman–Crippen LogP) is 3.90. The van der Waals surface area contributed by atoms with E-state index < -0.39 is 17.8 Å². The third-order valence-electron chi connectivity index (χ3n) is 5.81. The minimum Gasteiger partial charge on any atom is -0.497 e. The molecule has 11 heteroatoms. The molecule has 2 aliphatic rings. The number of aromatic nitrogens is 2. The molecule has 0 aliphatic carbocycles. The van der Waals surface area contributed by atoms with Gasteiger partial charge in [-0.15, -0.1) is 0 Å². The number of amides is 1. The molecule has 176 valence electrons. The largest absolute Gasteiger partial charge is 0.497 e. The lowest BCUT2D eigenvalue weighted by molar-refractivity contribution is -0.137. The van der Waals surface area contributed by atoms with Crippen molar-refractivity contribution in [3.05, 3.63) is 77.9 Å². The fourth-order valence-corrected chi connectivity index (χ4v) is 4.04. The minimum atomic E-state index is -4.47. The molecule has 8 nitrogen and oxygen atoms in total. The first-order valence-electron chi connectivity index (χ1n) is 10.5. The van der Waals surface area contributed by atoms with Crippen molar-refractivity contribution in [2.45, 2.75) is 31.2 Å². The standard InChI is InChI=1S/C23H20F3N5O3/c1-33-17-7-5-14(6-8-17)18-12-19-22(32)30(9-10-31(19)28-18)13-20-27-21(29-34-20)15-3-2-4-16(11-15)23(24,25)26/h2-11,18-19,28H,12-13H2,1H3. The summed E-state index contributed by atoms with van der Waals surface area (Å²) in [7, 11) is 1.60. The van der Waals surface area contributed by atoms with E-state index in [0.717, 1.165) is 23.4 Å². The molecule has 5 rings (SSSR count). The number of carbonyl (C=O) groups is 1. The molecule has 1 aromatic heterocycles. The normalized spacial score (nSPS) is 20.1. The molecule has 2 atom stereocenters. The van der Waals surface area contributed by atoms with E-state index in [0.29, 0.717) is 6.42 Å². The van der Waals surface area contributed by atoms with Crippen LogP contribution < -0.4 is 10.2 Å². The lowest BCUT2D eigenvalue weighted by Gasteiger charge is -2.30. The highest BCUT2D eigenvalue weighted by molar-refractivity contribution is 5.84. The second-order valence-corrected chi connectivity index (χ2v) is 7.97. The molecule has 0 bridgehead atoms. The Morgan fingerprint density at radius 3 is 2.71 bits per heavy atom. The van der Waals surface area contributed by atoms with Crippen LogP contribution in [0.25, 0.3) is 11.4 Å². The molecule has 3 heterocycles. The summed E-state index contributed by atoms with van der Waals surface area (Å²) in [6.07, 6.45) is -0.542. The molecule has 1 saturated heterocycles. The van der Waals surface area contributed by atoms with Crippen LogP contribution in [0.15, 0.2) is 65.5 Å². The number of ether oxygens (including phenoxy) is 1. The first-order valence-corrected chi connectivity index (χ1v) is 10.5. The van der Waals surface area contributed by atoms with E-state index in [9.17, 15) is 18.0 Å². The minimum absolute atomic E-state index is 0.0127. The number of methoxy groups -OCH3 is 1. The van der Waals surface area contributed by atoms with Crippen LogP contribution in [0.5, 0.6) is 5.75 Å². The number of carbonyl (C=O) groups excluding carboxylic acids is 1. The summed E-state index contributed by atoms with van der Waals surface area (Å²) >= 11 is 0. The van der Waals surface area contributed by atoms with Gasteiger partial charge in [0.25, 0.3) is 5.91 Å². The first kappa shape index (κ1) is 22.0. The van der Waals surface area contributed by atoms with Gasteiger partial charge in [0.2, 0.25) is 11.7 Å². The third kappa shape index (κ3) is 4.21. The van der Waals surface area contributed by atoms with Crippen LogP contribution in [0.1, 0.15) is 29.5 Å². The van der Waals surface area contributed by atoms with Crippen LogP contribution >= 0.6 is 0 Å². The Hall–Kier alpha value is -3.86. The van der Waals surface area contributed by atoms with Gasteiger partial charge in [-0.3, -0.25) is 4.79 Å². The number of hydrazine groups is 1. The van der Waals surface area contributed by atoms with Crippen molar-refractivity contribution in [1.82, 2.24) is 25.5 Å². The molecule has 3 aromatic rings. The molecule has 0 saturated carbocycles. The Bertz CT molecular complexity index is 1230. The fraction of sp³-hybridized carbons (Fsp3) is 0.261. The topological polar surface area (TPSA) is 83.7 Å². The summed E-state index contributed by atoms with van der Waals surface area (Å²) in [5.74, 6) is 0.755. The van der Waals surface area contributed by atoms with Gasteiger partial charge in [0, 0.05) is 18.0 Å². The average Bonchev–Trinajstić information content (AvgIpc) is 3.48. The second kappa shape index (κ2) is 8.49. The van der Waals surface area contributed by atoms with Crippen LogP contribution in [0.2, 0.25) is 0 Å². The predicted molar refractivity (Wildman–Crippen MR) is 114 cm³/mol. The highest BCUT2D eigenvalue weighted by Crippen LogP contribution is 2.33. The number of halogens is 3. The average molecular weight is 471 g/mol. The van der Waals surface area contributed by atoms with Crippen molar-refractivity contribution >= 4 is 5.91 Å². The molecule has 2 unspecified atom stereocenters.